The van der Waals surface area contributed by atoms with Gasteiger partial charge in [0.15, 0.2) is 0 Å². The Kier molecular flexibility index (Phi) is 2.42. The summed E-state index contributed by atoms with van der Waals surface area (Å²) in [4.78, 5) is 0. The van der Waals surface area contributed by atoms with Gasteiger partial charge in [-0.3, -0.25) is 2.78 Å². The molecule has 0 aliphatic rings. The molecule has 0 amide bonds. The van der Waals surface area contributed by atoms with Crippen LogP contribution in [0.3, 0.4) is 0 Å². The normalized spacial score (nSPS) is 11.1. The van der Waals surface area contributed by atoms with E-state index in [2.05, 4.69) is 0 Å². The largest absolute Gasteiger partial charge is 0.269 e. The molecule has 0 N–H and O–H groups in total. The van der Waals surface area contributed by atoms with Crippen molar-refractivity contribution in [2.45, 2.75) is 0 Å². The number of aromatic nitrogens is 1. The van der Waals surface area contributed by atoms with Crippen molar-refractivity contribution < 1.29 is 4.39 Å². The molecule has 2 rings (SSSR count). The van der Waals surface area contributed by atoms with Crippen LogP contribution in [0.5, 0.6) is 0 Å². The molecule has 0 atom stereocenters. The summed E-state index contributed by atoms with van der Waals surface area (Å²) in [6, 6.07) is 4.50. The SMILES string of the molecule is Fc1ccc(Cl)c2cc(Cl)n(I)c12. The van der Waals surface area contributed by atoms with Gasteiger partial charge >= 0.3 is 0 Å². The monoisotopic (exact) mass is 329 g/mol. The van der Waals surface area contributed by atoms with Crippen LogP contribution in [0.25, 0.3) is 10.9 Å². The van der Waals surface area contributed by atoms with E-state index in [0.29, 0.717) is 21.1 Å². The molecule has 0 unspecified atom stereocenters. The van der Waals surface area contributed by atoms with Crippen LogP contribution in [0.2, 0.25) is 10.2 Å². The Morgan fingerprint density at radius 2 is 2.00 bits per heavy atom. The van der Waals surface area contributed by atoms with Gasteiger partial charge in [0.05, 0.1) is 33.4 Å². The van der Waals surface area contributed by atoms with Crippen LogP contribution in [0.4, 0.5) is 4.39 Å². The summed E-state index contributed by atoms with van der Waals surface area (Å²) >= 11 is 13.6. The predicted molar refractivity (Wildman–Crippen MR) is 61.3 cm³/mol. The molecule has 13 heavy (non-hydrogen) atoms. The highest BCUT2D eigenvalue weighted by Gasteiger charge is 2.11. The average Bonchev–Trinajstić information content (AvgIpc) is 2.38. The van der Waals surface area contributed by atoms with E-state index in [1.807, 2.05) is 22.9 Å². The summed E-state index contributed by atoms with van der Waals surface area (Å²) in [5.74, 6) is -0.319. The highest BCUT2D eigenvalue weighted by molar-refractivity contribution is 14.1. The number of hydrogen-bond acceptors (Lipinski definition) is 0. The molecule has 5 heteroatoms. The molecule has 0 aliphatic heterocycles. The van der Waals surface area contributed by atoms with Gasteiger partial charge < -0.3 is 0 Å². The maximum absolute atomic E-state index is 13.3. The minimum Gasteiger partial charge on any atom is -0.269 e. The van der Waals surface area contributed by atoms with Crippen molar-refractivity contribution in [2.24, 2.45) is 0 Å². The molecule has 68 valence electrons. The topological polar surface area (TPSA) is 4.93 Å². The van der Waals surface area contributed by atoms with Crippen LogP contribution < -0.4 is 0 Å². The highest BCUT2D eigenvalue weighted by Crippen LogP contribution is 2.32. The van der Waals surface area contributed by atoms with Gasteiger partial charge in [0, 0.05) is 5.39 Å². The van der Waals surface area contributed by atoms with Crippen LogP contribution in [0, 0.1) is 5.82 Å². The van der Waals surface area contributed by atoms with Gasteiger partial charge in [0.1, 0.15) is 11.0 Å². The fourth-order valence-corrected chi connectivity index (χ4v) is 2.21. The Morgan fingerprint density at radius 1 is 1.31 bits per heavy atom. The first-order valence-corrected chi connectivity index (χ1v) is 5.14. The fourth-order valence-electron chi connectivity index (χ4n) is 1.18. The molecule has 0 radical (unpaired) electrons. The predicted octanol–water partition coefficient (Wildman–Crippen LogP) is 4.29. The van der Waals surface area contributed by atoms with Crippen LogP contribution in [0.15, 0.2) is 18.2 Å². The Bertz CT molecular complexity index is 480. The van der Waals surface area contributed by atoms with Crippen molar-refractivity contribution >= 4 is 57.0 Å². The Morgan fingerprint density at radius 3 is 2.62 bits per heavy atom. The first kappa shape index (κ1) is 9.55. The molecule has 0 saturated carbocycles. The van der Waals surface area contributed by atoms with E-state index in [4.69, 9.17) is 23.2 Å². The molecular weight excluding hydrogens is 327 g/mol. The van der Waals surface area contributed by atoms with Crippen LogP contribution >= 0.6 is 46.1 Å². The van der Waals surface area contributed by atoms with Gasteiger partial charge in [-0.05, 0) is 18.2 Å². The Hall–Kier alpha value is -0.000000000000000111. The molecule has 1 heterocycles. The third-order valence-corrected chi connectivity index (χ3v) is 3.66. The van der Waals surface area contributed by atoms with Crippen molar-refractivity contribution in [3.05, 3.63) is 34.2 Å². The zero-order valence-electron chi connectivity index (χ0n) is 6.19. The minimum atomic E-state index is -0.319. The lowest BCUT2D eigenvalue weighted by atomic mass is 10.2. The molecule has 0 spiro atoms. The number of hydrogen-bond donors (Lipinski definition) is 0. The quantitative estimate of drug-likeness (QED) is 0.636. The summed E-state index contributed by atoms with van der Waals surface area (Å²) < 4.78 is 14.8. The highest BCUT2D eigenvalue weighted by atomic mass is 127. The molecule has 0 aliphatic carbocycles. The molecule has 0 bridgehead atoms. The summed E-state index contributed by atoms with van der Waals surface area (Å²) in [6.45, 7) is 0. The minimum absolute atomic E-state index is 0.319. The van der Waals surface area contributed by atoms with Crippen LogP contribution in [0.1, 0.15) is 0 Å². The smallest absolute Gasteiger partial charge is 0.148 e. The number of benzene rings is 1. The van der Waals surface area contributed by atoms with Gasteiger partial charge in [-0.15, -0.1) is 0 Å². The van der Waals surface area contributed by atoms with Gasteiger partial charge in [-0.2, -0.15) is 0 Å². The summed E-state index contributed by atoms with van der Waals surface area (Å²) in [7, 11) is 0. The lowest BCUT2D eigenvalue weighted by Gasteiger charge is -1.97. The third kappa shape index (κ3) is 1.43. The Labute approximate surface area is 97.9 Å². The van der Waals surface area contributed by atoms with E-state index >= 15 is 0 Å². The number of rotatable bonds is 0. The van der Waals surface area contributed by atoms with E-state index in [9.17, 15) is 4.39 Å². The van der Waals surface area contributed by atoms with Crippen LogP contribution in [-0.2, 0) is 0 Å². The standard InChI is InChI=1S/C8H3Cl2FIN/c9-5-1-2-6(11)8-4(5)3-7(10)13(8)12/h1-3H. The van der Waals surface area contributed by atoms with Gasteiger partial charge in [-0.1, -0.05) is 23.2 Å². The molecule has 1 aromatic carbocycles. The van der Waals surface area contributed by atoms with Gasteiger partial charge in [0.2, 0.25) is 0 Å². The lowest BCUT2D eigenvalue weighted by Crippen LogP contribution is -1.83. The van der Waals surface area contributed by atoms with E-state index in [0.717, 1.165) is 0 Å². The fraction of sp³-hybridized carbons (Fsp3) is 0. The van der Waals surface area contributed by atoms with Crippen molar-refractivity contribution in [3.8, 4) is 0 Å². The van der Waals surface area contributed by atoms with E-state index in [-0.39, 0.29) is 5.82 Å². The second-order valence-electron chi connectivity index (χ2n) is 2.54. The number of nitrogens with zero attached hydrogens (tertiary/aromatic N) is 1. The number of fused-ring (bicyclic) bond motifs is 1. The Balaban J connectivity index is 3.00. The summed E-state index contributed by atoms with van der Waals surface area (Å²) in [5.41, 5.74) is 0.429. The molecule has 0 saturated heterocycles. The second-order valence-corrected chi connectivity index (χ2v) is 4.30. The van der Waals surface area contributed by atoms with E-state index < -0.39 is 0 Å². The maximum atomic E-state index is 13.3. The summed E-state index contributed by atoms with van der Waals surface area (Å²) in [6.07, 6.45) is 0. The third-order valence-electron chi connectivity index (χ3n) is 1.76. The molecule has 1 nitrogen and oxygen atoms in total. The van der Waals surface area contributed by atoms with Gasteiger partial charge in [0.25, 0.3) is 0 Å². The average molecular weight is 330 g/mol. The molecule has 1 aromatic heterocycles. The number of halogens is 4. The lowest BCUT2D eigenvalue weighted by molar-refractivity contribution is 0.637. The van der Waals surface area contributed by atoms with Crippen molar-refractivity contribution in [1.82, 2.24) is 2.78 Å². The van der Waals surface area contributed by atoms with E-state index in [1.165, 1.54) is 14.9 Å². The van der Waals surface area contributed by atoms with Crippen LogP contribution in [-0.4, -0.2) is 2.78 Å². The first-order valence-electron chi connectivity index (χ1n) is 3.42. The zero-order chi connectivity index (χ0) is 9.59. The molecule has 0 fully saturated rings. The molecular formula is C8H3Cl2FIN. The van der Waals surface area contributed by atoms with E-state index in [1.54, 1.807) is 6.07 Å². The zero-order valence-corrected chi connectivity index (χ0v) is 9.86. The maximum Gasteiger partial charge on any atom is 0.148 e. The molecule has 2 aromatic rings. The second kappa shape index (κ2) is 3.29. The van der Waals surface area contributed by atoms with Gasteiger partial charge in [-0.25, -0.2) is 4.39 Å². The summed E-state index contributed by atoms with van der Waals surface area (Å²) in [5, 5.41) is 1.61. The van der Waals surface area contributed by atoms with Crippen molar-refractivity contribution in [1.29, 1.82) is 0 Å². The van der Waals surface area contributed by atoms with Crippen molar-refractivity contribution in [3.63, 3.8) is 0 Å². The first-order chi connectivity index (χ1) is 6.11. The van der Waals surface area contributed by atoms with Crippen molar-refractivity contribution in [2.75, 3.05) is 0 Å².